The van der Waals surface area contributed by atoms with Crippen molar-refractivity contribution in [3.05, 3.63) is 71.7 Å². The predicted octanol–water partition coefficient (Wildman–Crippen LogP) is 2.00. The Morgan fingerprint density at radius 2 is 2.04 bits per heavy atom. The number of benzene rings is 1. The molecule has 3 heterocycles. The summed E-state index contributed by atoms with van der Waals surface area (Å²) in [5.41, 5.74) is 2.79. The Kier molecular flexibility index (Phi) is 3.70. The Balaban J connectivity index is 1.77. The van der Waals surface area contributed by atoms with Crippen molar-refractivity contribution < 1.29 is 4.79 Å². The molecule has 2 N–H and O–H groups in total. The second-order valence-corrected chi connectivity index (χ2v) is 5.62. The molecular weight excluding hydrogens is 318 g/mol. The number of rotatable bonds is 3. The van der Waals surface area contributed by atoms with Gasteiger partial charge in [-0.05, 0) is 41.1 Å². The summed E-state index contributed by atoms with van der Waals surface area (Å²) < 4.78 is 1.59. The zero-order valence-electron chi connectivity index (χ0n) is 13.4. The summed E-state index contributed by atoms with van der Waals surface area (Å²) in [4.78, 5) is 17.1. The van der Waals surface area contributed by atoms with Gasteiger partial charge in [-0.3, -0.25) is 9.78 Å². The van der Waals surface area contributed by atoms with Gasteiger partial charge in [0.1, 0.15) is 6.04 Å². The fourth-order valence-electron chi connectivity index (χ4n) is 2.87. The molecule has 1 aliphatic rings. The number of aromatic nitrogens is 5. The molecule has 0 spiro atoms. The third-order valence-electron chi connectivity index (χ3n) is 3.99. The highest BCUT2D eigenvalue weighted by Crippen LogP contribution is 2.34. The molecule has 25 heavy (non-hydrogen) atoms. The number of carbonyl (C=O) groups excluding carboxylic acids is 1. The van der Waals surface area contributed by atoms with E-state index in [-0.39, 0.29) is 5.91 Å². The molecule has 0 saturated heterocycles. The van der Waals surface area contributed by atoms with E-state index < -0.39 is 6.04 Å². The number of allylic oxidation sites excluding steroid dienone is 1. The second kappa shape index (κ2) is 6.16. The van der Waals surface area contributed by atoms with E-state index in [4.69, 9.17) is 0 Å². The summed E-state index contributed by atoms with van der Waals surface area (Å²) in [6, 6.07) is 12.6. The molecule has 0 fully saturated rings. The van der Waals surface area contributed by atoms with Crippen molar-refractivity contribution in [2.24, 2.45) is 0 Å². The van der Waals surface area contributed by atoms with Gasteiger partial charge in [0, 0.05) is 23.8 Å². The summed E-state index contributed by atoms with van der Waals surface area (Å²) in [5.74, 6) is 0.272. The maximum absolute atomic E-state index is 13.0. The highest BCUT2D eigenvalue weighted by molar-refractivity contribution is 6.05. The largest absolute Gasteiger partial charge is 0.326 e. The van der Waals surface area contributed by atoms with Crippen LogP contribution >= 0.6 is 0 Å². The maximum Gasteiger partial charge on any atom is 0.255 e. The van der Waals surface area contributed by atoms with Gasteiger partial charge in [-0.25, -0.2) is 0 Å². The van der Waals surface area contributed by atoms with Gasteiger partial charge >= 0.3 is 0 Å². The molecule has 8 nitrogen and oxygen atoms in total. The minimum atomic E-state index is -0.455. The summed E-state index contributed by atoms with van der Waals surface area (Å²) in [7, 11) is 0. The molecule has 1 aromatic carbocycles. The zero-order valence-corrected chi connectivity index (χ0v) is 13.4. The topological polar surface area (TPSA) is 97.6 Å². The molecule has 0 saturated carbocycles. The Labute approximate surface area is 143 Å². The smallest absolute Gasteiger partial charge is 0.255 e. The van der Waals surface area contributed by atoms with Crippen LogP contribution < -0.4 is 10.6 Å². The highest BCUT2D eigenvalue weighted by Gasteiger charge is 2.34. The number of fused-ring (bicyclic) bond motifs is 1. The van der Waals surface area contributed by atoms with Gasteiger partial charge in [-0.15, -0.1) is 0 Å². The Bertz CT molecular complexity index is 934. The molecule has 0 aliphatic carbocycles. The molecular formula is C17H15N7O. The van der Waals surface area contributed by atoms with Gasteiger partial charge in [0.05, 0.1) is 5.57 Å². The van der Waals surface area contributed by atoms with Crippen molar-refractivity contribution in [3.63, 3.8) is 0 Å². The van der Waals surface area contributed by atoms with Crippen molar-refractivity contribution in [1.82, 2.24) is 25.2 Å². The van der Waals surface area contributed by atoms with E-state index in [1.165, 1.54) is 0 Å². The van der Waals surface area contributed by atoms with Crippen molar-refractivity contribution in [1.29, 1.82) is 0 Å². The number of hydrogen-bond donors (Lipinski definition) is 2. The van der Waals surface area contributed by atoms with Crippen LogP contribution in [0, 0.1) is 0 Å². The first-order chi connectivity index (χ1) is 12.2. The van der Waals surface area contributed by atoms with Gasteiger partial charge < -0.3 is 10.6 Å². The molecule has 0 radical (unpaired) electrons. The minimum absolute atomic E-state index is 0.216. The summed E-state index contributed by atoms with van der Waals surface area (Å²) in [6.07, 6.45) is 3.40. The molecule has 1 atom stereocenters. The van der Waals surface area contributed by atoms with Gasteiger partial charge in [-0.2, -0.15) is 4.68 Å². The Morgan fingerprint density at radius 3 is 2.80 bits per heavy atom. The number of carbonyl (C=O) groups is 1. The van der Waals surface area contributed by atoms with Gasteiger partial charge in [-0.1, -0.05) is 29.4 Å². The van der Waals surface area contributed by atoms with Gasteiger partial charge in [0.15, 0.2) is 0 Å². The lowest BCUT2D eigenvalue weighted by Crippen LogP contribution is -2.31. The lowest BCUT2D eigenvalue weighted by Gasteiger charge is -2.27. The van der Waals surface area contributed by atoms with Crippen LogP contribution in [-0.2, 0) is 4.79 Å². The lowest BCUT2D eigenvalue weighted by atomic mass is 9.96. The summed E-state index contributed by atoms with van der Waals surface area (Å²) >= 11 is 0. The molecule has 3 aromatic rings. The third-order valence-corrected chi connectivity index (χ3v) is 3.99. The molecule has 1 aliphatic heterocycles. The van der Waals surface area contributed by atoms with Crippen LogP contribution in [-0.4, -0.2) is 31.1 Å². The van der Waals surface area contributed by atoms with Crippen LogP contribution in [0.3, 0.4) is 0 Å². The number of anilines is 2. The number of hydrogen-bond acceptors (Lipinski definition) is 6. The number of para-hydroxylation sites is 1. The van der Waals surface area contributed by atoms with Crippen LogP contribution in [0.2, 0.25) is 0 Å². The fraction of sp³-hybridized carbons (Fsp3) is 0.118. The normalized spacial score (nSPS) is 16.1. The van der Waals surface area contributed by atoms with Crippen molar-refractivity contribution >= 4 is 17.5 Å². The Morgan fingerprint density at radius 1 is 1.20 bits per heavy atom. The van der Waals surface area contributed by atoms with Crippen molar-refractivity contribution in [3.8, 4) is 0 Å². The number of nitrogens with zero attached hydrogens (tertiary/aromatic N) is 5. The van der Waals surface area contributed by atoms with Crippen LogP contribution in [0.5, 0.6) is 0 Å². The van der Waals surface area contributed by atoms with E-state index >= 15 is 0 Å². The van der Waals surface area contributed by atoms with Gasteiger partial charge in [0.25, 0.3) is 5.91 Å². The van der Waals surface area contributed by atoms with Crippen LogP contribution in [0.15, 0.2) is 66.1 Å². The standard InChI is InChI=1S/C17H15N7O/c1-11-14(16(25)20-13-7-3-2-4-8-13)15(12-6-5-9-18-10-12)24-17(19-11)21-22-23-24/h2-10,15H,1H3,(H,20,25)(H,19,21,23)/t15-/m0/s1. The van der Waals surface area contributed by atoms with E-state index in [9.17, 15) is 4.79 Å². The van der Waals surface area contributed by atoms with Crippen molar-refractivity contribution in [2.45, 2.75) is 13.0 Å². The fourth-order valence-corrected chi connectivity index (χ4v) is 2.87. The number of pyridine rings is 1. The average molecular weight is 333 g/mol. The molecule has 0 unspecified atom stereocenters. The second-order valence-electron chi connectivity index (χ2n) is 5.62. The first kappa shape index (κ1) is 15.0. The first-order valence-corrected chi connectivity index (χ1v) is 7.76. The van der Waals surface area contributed by atoms with Crippen LogP contribution in [0.4, 0.5) is 11.6 Å². The monoisotopic (exact) mass is 333 g/mol. The summed E-state index contributed by atoms with van der Waals surface area (Å²) in [6.45, 7) is 1.83. The molecule has 8 heteroatoms. The number of nitrogens with one attached hydrogen (secondary N) is 2. The molecule has 4 rings (SSSR count). The maximum atomic E-state index is 13.0. The van der Waals surface area contributed by atoms with E-state index in [0.29, 0.717) is 17.2 Å². The SMILES string of the molecule is CC1=C(C(=O)Nc2ccccc2)[C@H](c2cccnc2)n2nnnc2N1. The van der Waals surface area contributed by atoms with E-state index in [1.807, 2.05) is 49.4 Å². The number of amides is 1. The molecule has 1 amide bonds. The highest BCUT2D eigenvalue weighted by atomic mass is 16.1. The minimum Gasteiger partial charge on any atom is -0.326 e. The third kappa shape index (κ3) is 2.74. The molecule has 2 aromatic heterocycles. The molecule has 0 bridgehead atoms. The Hall–Kier alpha value is -3.55. The van der Waals surface area contributed by atoms with E-state index in [1.54, 1.807) is 17.1 Å². The van der Waals surface area contributed by atoms with E-state index in [2.05, 4.69) is 31.1 Å². The van der Waals surface area contributed by atoms with E-state index in [0.717, 1.165) is 11.3 Å². The van der Waals surface area contributed by atoms with Gasteiger partial charge in [0.2, 0.25) is 5.95 Å². The average Bonchev–Trinajstić information content (AvgIpc) is 3.10. The first-order valence-electron chi connectivity index (χ1n) is 7.76. The predicted molar refractivity (Wildman–Crippen MR) is 91.6 cm³/mol. The lowest BCUT2D eigenvalue weighted by molar-refractivity contribution is -0.113. The van der Waals surface area contributed by atoms with Crippen LogP contribution in [0.25, 0.3) is 0 Å². The van der Waals surface area contributed by atoms with Crippen LogP contribution in [0.1, 0.15) is 18.5 Å². The molecule has 124 valence electrons. The van der Waals surface area contributed by atoms with Crippen molar-refractivity contribution in [2.75, 3.05) is 10.6 Å². The number of tetrazole rings is 1. The quantitative estimate of drug-likeness (QED) is 0.761. The zero-order chi connectivity index (χ0) is 17.2. The summed E-state index contributed by atoms with van der Waals surface area (Å²) in [5, 5.41) is 17.7.